The number of esters is 1. The van der Waals surface area contributed by atoms with E-state index in [1.165, 1.54) is 5.57 Å². The highest BCUT2D eigenvalue weighted by Crippen LogP contribution is 2.57. The monoisotopic (exact) mass is 250 g/mol. The molecule has 2 aliphatic carbocycles. The maximum atomic E-state index is 11.8. The third-order valence-corrected chi connectivity index (χ3v) is 5.68. The van der Waals surface area contributed by atoms with Crippen LogP contribution >= 0.6 is 0 Å². The standard InChI is InChI=1S/C15H22O3/c1-8-4-5-11(16)15(3)7-6-10-9(2)14(17)18-13(10)12(8)15/h9-13,16H,1,4-7H2,2-3H3/t9-,10-,11-,12+,13-,15-/m0/s1. The van der Waals surface area contributed by atoms with E-state index in [9.17, 15) is 9.90 Å². The highest BCUT2D eigenvalue weighted by molar-refractivity contribution is 5.75. The molecule has 3 fully saturated rings. The molecule has 2 saturated carbocycles. The van der Waals surface area contributed by atoms with Crippen LogP contribution in [0.2, 0.25) is 0 Å². The minimum Gasteiger partial charge on any atom is -0.461 e. The lowest BCUT2D eigenvalue weighted by atomic mass is 9.54. The van der Waals surface area contributed by atoms with Gasteiger partial charge in [0.15, 0.2) is 0 Å². The third-order valence-electron chi connectivity index (χ3n) is 5.68. The van der Waals surface area contributed by atoms with E-state index in [2.05, 4.69) is 13.5 Å². The van der Waals surface area contributed by atoms with Crippen LogP contribution in [0.1, 0.15) is 39.5 Å². The summed E-state index contributed by atoms with van der Waals surface area (Å²) in [6.45, 7) is 8.29. The first-order chi connectivity index (χ1) is 8.45. The Labute approximate surface area is 108 Å². The number of carbonyl (C=O) groups excluding carboxylic acids is 1. The molecule has 0 spiro atoms. The summed E-state index contributed by atoms with van der Waals surface area (Å²) in [6.07, 6.45) is 3.27. The van der Waals surface area contributed by atoms with Crippen molar-refractivity contribution in [1.29, 1.82) is 0 Å². The van der Waals surface area contributed by atoms with Crippen molar-refractivity contribution in [2.45, 2.75) is 51.7 Å². The molecule has 6 atom stereocenters. The zero-order chi connectivity index (χ0) is 13.1. The van der Waals surface area contributed by atoms with Crippen molar-refractivity contribution in [2.75, 3.05) is 0 Å². The molecule has 0 aromatic carbocycles. The lowest BCUT2D eigenvalue weighted by Gasteiger charge is -2.52. The Morgan fingerprint density at radius 2 is 2.17 bits per heavy atom. The average molecular weight is 250 g/mol. The minimum atomic E-state index is -0.288. The van der Waals surface area contributed by atoms with Crippen LogP contribution in [-0.2, 0) is 9.53 Å². The van der Waals surface area contributed by atoms with Gasteiger partial charge in [0.2, 0.25) is 0 Å². The topological polar surface area (TPSA) is 46.5 Å². The van der Waals surface area contributed by atoms with E-state index in [0.29, 0.717) is 5.92 Å². The molecule has 18 heavy (non-hydrogen) atoms. The van der Waals surface area contributed by atoms with Crippen molar-refractivity contribution in [3.8, 4) is 0 Å². The normalized spacial score (nSPS) is 51.6. The summed E-state index contributed by atoms with van der Waals surface area (Å²) in [4.78, 5) is 11.8. The van der Waals surface area contributed by atoms with Gasteiger partial charge in [0, 0.05) is 17.3 Å². The molecule has 0 aromatic rings. The molecular formula is C15H22O3. The quantitative estimate of drug-likeness (QED) is 0.530. The molecule has 0 amide bonds. The second kappa shape index (κ2) is 3.83. The molecule has 3 heteroatoms. The summed E-state index contributed by atoms with van der Waals surface area (Å²) in [5, 5.41) is 10.4. The Hall–Kier alpha value is -0.830. The van der Waals surface area contributed by atoms with Gasteiger partial charge >= 0.3 is 5.97 Å². The molecule has 3 aliphatic rings. The first-order valence-electron chi connectivity index (χ1n) is 7.01. The molecule has 0 bridgehead atoms. The fourth-order valence-corrected chi connectivity index (χ4v) is 4.41. The lowest BCUT2D eigenvalue weighted by Crippen LogP contribution is -2.53. The van der Waals surface area contributed by atoms with Gasteiger partial charge in [-0.25, -0.2) is 0 Å². The summed E-state index contributed by atoms with van der Waals surface area (Å²) in [6, 6.07) is 0. The van der Waals surface area contributed by atoms with Gasteiger partial charge in [-0.1, -0.05) is 26.0 Å². The van der Waals surface area contributed by atoms with Crippen LogP contribution in [0.25, 0.3) is 0 Å². The van der Waals surface area contributed by atoms with Gasteiger partial charge < -0.3 is 9.84 Å². The Morgan fingerprint density at radius 3 is 2.89 bits per heavy atom. The van der Waals surface area contributed by atoms with Gasteiger partial charge in [0.25, 0.3) is 0 Å². The lowest BCUT2D eigenvalue weighted by molar-refractivity contribution is -0.152. The van der Waals surface area contributed by atoms with Crippen molar-refractivity contribution in [1.82, 2.24) is 0 Å². The number of rotatable bonds is 0. The number of fused-ring (bicyclic) bond motifs is 3. The van der Waals surface area contributed by atoms with E-state index in [1.807, 2.05) is 6.92 Å². The zero-order valence-corrected chi connectivity index (χ0v) is 11.2. The maximum absolute atomic E-state index is 11.8. The van der Waals surface area contributed by atoms with Crippen LogP contribution < -0.4 is 0 Å². The summed E-state index contributed by atoms with van der Waals surface area (Å²) >= 11 is 0. The molecule has 0 radical (unpaired) electrons. The van der Waals surface area contributed by atoms with Gasteiger partial charge in [0.05, 0.1) is 12.0 Å². The molecule has 100 valence electrons. The summed E-state index contributed by atoms with van der Waals surface area (Å²) < 4.78 is 5.62. The van der Waals surface area contributed by atoms with E-state index in [4.69, 9.17) is 4.74 Å². The first-order valence-corrected chi connectivity index (χ1v) is 7.01. The predicted molar refractivity (Wildman–Crippen MR) is 67.7 cm³/mol. The van der Waals surface area contributed by atoms with Crippen LogP contribution in [0.4, 0.5) is 0 Å². The number of aliphatic hydroxyl groups is 1. The van der Waals surface area contributed by atoms with Gasteiger partial charge in [-0.2, -0.15) is 0 Å². The average Bonchev–Trinajstić information content (AvgIpc) is 2.60. The Kier molecular flexibility index (Phi) is 2.60. The summed E-state index contributed by atoms with van der Waals surface area (Å²) in [5.41, 5.74) is 1.01. The largest absolute Gasteiger partial charge is 0.461 e. The minimum absolute atomic E-state index is 0.00594. The van der Waals surface area contributed by atoms with Crippen molar-refractivity contribution in [2.24, 2.45) is 23.2 Å². The van der Waals surface area contributed by atoms with Crippen molar-refractivity contribution < 1.29 is 14.6 Å². The van der Waals surface area contributed by atoms with Gasteiger partial charge in [-0.3, -0.25) is 4.79 Å². The number of carbonyl (C=O) groups is 1. The van der Waals surface area contributed by atoms with E-state index in [1.54, 1.807) is 0 Å². The molecule has 0 aromatic heterocycles. The molecular weight excluding hydrogens is 228 g/mol. The Balaban J connectivity index is 1.98. The van der Waals surface area contributed by atoms with E-state index in [0.717, 1.165) is 25.7 Å². The molecule has 1 heterocycles. The number of ether oxygens (including phenoxy) is 1. The number of hydrogen-bond donors (Lipinski definition) is 1. The molecule has 3 rings (SSSR count). The zero-order valence-electron chi connectivity index (χ0n) is 11.2. The third kappa shape index (κ3) is 1.43. The molecule has 1 saturated heterocycles. The highest BCUT2D eigenvalue weighted by Gasteiger charge is 2.58. The Morgan fingerprint density at radius 1 is 1.44 bits per heavy atom. The first kappa shape index (κ1) is 12.2. The summed E-state index contributed by atoms with van der Waals surface area (Å²) in [5.74, 6) is 0.403. The van der Waals surface area contributed by atoms with Gasteiger partial charge in [-0.05, 0) is 25.7 Å². The van der Waals surface area contributed by atoms with Crippen molar-refractivity contribution >= 4 is 5.97 Å². The number of hydrogen-bond acceptors (Lipinski definition) is 3. The highest BCUT2D eigenvalue weighted by atomic mass is 16.6. The van der Waals surface area contributed by atoms with E-state index in [-0.39, 0.29) is 35.4 Å². The molecule has 3 nitrogen and oxygen atoms in total. The van der Waals surface area contributed by atoms with E-state index >= 15 is 0 Å². The van der Waals surface area contributed by atoms with Crippen molar-refractivity contribution in [3.63, 3.8) is 0 Å². The van der Waals surface area contributed by atoms with Crippen LogP contribution in [0.5, 0.6) is 0 Å². The summed E-state index contributed by atoms with van der Waals surface area (Å²) in [7, 11) is 0. The fourth-order valence-electron chi connectivity index (χ4n) is 4.41. The van der Waals surface area contributed by atoms with Crippen LogP contribution in [-0.4, -0.2) is 23.3 Å². The van der Waals surface area contributed by atoms with Gasteiger partial charge in [-0.15, -0.1) is 0 Å². The molecule has 1 N–H and O–H groups in total. The smallest absolute Gasteiger partial charge is 0.309 e. The molecule has 1 aliphatic heterocycles. The predicted octanol–water partition coefficient (Wildman–Crippen LogP) is 2.29. The van der Waals surface area contributed by atoms with Crippen molar-refractivity contribution in [3.05, 3.63) is 12.2 Å². The second-order valence-electron chi connectivity index (χ2n) is 6.59. The van der Waals surface area contributed by atoms with E-state index < -0.39 is 0 Å². The van der Waals surface area contributed by atoms with Gasteiger partial charge in [0.1, 0.15) is 6.10 Å². The number of aliphatic hydroxyl groups excluding tert-OH is 1. The molecule has 0 unspecified atom stereocenters. The van der Waals surface area contributed by atoms with Crippen LogP contribution in [0.3, 0.4) is 0 Å². The van der Waals surface area contributed by atoms with Crippen LogP contribution in [0.15, 0.2) is 12.2 Å². The second-order valence-corrected chi connectivity index (χ2v) is 6.59. The fraction of sp³-hybridized carbons (Fsp3) is 0.800. The van der Waals surface area contributed by atoms with Crippen LogP contribution in [0, 0.1) is 23.2 Å². The Bertz CT molecular complexity index is 403. The SMILES string of the molecule is C=C1CC[C@H](O)[C@]2(C)CC[C@@H]3[C@H](OC(=O)[C@H]3C)[C@@H]12. The maximum Gasteiger partial charge on any atom is 0.309 e.